The predicted octanol–water partition coefficient (Wildman–Crippen LogP) is 4.49. The lowest BCUT2D eigenvalue weighted by Crippen LogP contribution is -2.10. The normalized spacial score (nSPS) is 12.5. The van der Waals surface area contributed by atoms with Crippen molar-refractivity contribution in [1.29, 1.82) is 0 Å². The summed E-state index contributed by atoms with van der Waals surface area (Å²) in [7, 11) is 0. The molecule has 1 heterocycles. The molecule has 2 rings (SSSR count). The van der Waals surface area contributed by atoms with Crippen molar-refractivity contribution < 1.29 is 31.4 Å². The molecule has 0 spiro atoms. The Kier molecular flexibility index (Phi) is 3.56. The molecule has 0 aliphatic rings. The molecule has 21 heavy (non-hydrogen) atoms. The molecule has 0 aliphatic heterocycles. The summed E-state index contributed by atoms with van der Waals surface area (Å²) >= 11 is 0. The van der Waals surface area contributed by atoms with Crippen molar-refractivity contribution in [2.24, 2.45) is 0 Å². The van der Waals surface area contributed by atoms with Crippen LogP contribution in [0.4, 0.5) is 26.3 Å². The quantitative estimate of drug-likeness (QED) is 0.787. The van der Waals surface area contributed by atoms with Crippen molar-refractivity contribution in [3.8, 4) is 16.9 Å². The van der Waals surface area contributed by atoms with Gasteiger partial charge in [0.1, 0.15) is 0 Å². The number of benzene rings is 1. The first-order valence-electron chi connectivity index (χ1n) is 5.54. The fraction of sp³-hybridized carbons (Fsp3) is 0.154. The van der Waals surface area contributed by atoms with E-state index in [0.717, 1.165) is 24.3 Å². The monoisotopic (exact) mass is 307 g/mol. The molecule has 1 aromatic heterocycles. The number of hydrogen-bond donors (Lipinski definition) is 1. The van der Waals surface area contributed by atoms with Gasteiger partial charge in [-0.05, 0) is 17.7 Å². The van der Waals surface area contributed by atoms with Crippen molar-refractivity contribution >= 4 is 0 Å². The summed E-state index contributed by atoms with van der Waals surface area (Å²) in [6.45, 7) is 0. The van der Waals surface area contributed by atoms with E-state index in [1.165, 1.54) is 6.07 Å². The smallest absolute Gasteiger partial charge is 0.437 e. The van der Waals surface area contributed by atoms with Crippen molar-refractivity contribution in [2.75, 3.05) is 0 Å². The second-order valence-electron chi connectivity index (χ2n) is 4.10. The number of rotatable bonds is 1. The predicted molar refractivity (Wildman–Crippen MR) is 61.3 cm³/mol. The molecule has 0 saturated heterocycles. The summed E-state index contributed by atoms with van der Waals surface area (Å²) in [6, 6.07) is 4.95. The maximum atomic E-state index is 12.9. The number of aromatic hydroxyl groups is 1. The number of pyridine rings is 1. The van der Waals surface area contributed by atoms with Crippen LogP contribution in [-0.2, 0) is 12.4 Å². The zero-order chi connectivity index (χ0) is 15.8. The number of halogens is 6. The van der Waals surface area contributed by atoms with Crippen molar-refractivity contribution in [3.63, 3.8) is 0 Å². The third-order valence-electron chi connectivity index (χ3n) is 2.72. The van der Waals surface area contributed by atoms with E-state index < -0.39 is 40.5 Å². The van der Waals surface area contributed by atoms with E-state index in [2.05, 4.69) is 4.98 Å². The molecule has 0 saturated carbocycles. The molecule has 0 amide bonds. The molecule has 2 nitrogen and oxygen atoms in total. The largest absolute Gasteiger partial charge is 0.505 e. The van der Waals surface area contributed by atoms with Gasteiger partial charge in [0.15, 0.2) is 11.4 Å². The Morgan fingerprint density at radius 3 is 2.00 bits per heavy atom. The Morgan fingerprint density at radius 1 is 0.810 bits per heavy atom. The zero-order valence-corrected chi connectivity index (χ0v) is 10.1. The van der Waals surface area contributed by atoms with E-state index >= 15 is 0 Å². The van der Waals surface area contributed by atoms with E-state index in [4.69, 9.17) is 0 Å². The molecule has 0 unspecified atom stereocenters. The molecule has 1 N–H and O–H groups in total. The average molecular weight is 307 g/mol. The number of aromatic nitrogens is 1. The summed E-state index contributed by atoms with van der Waals surface area (Å²) in [6.07, 6.45) is -9.02. The first-order chi connectivity index (χ1) is 9.62. The Labute approximate surface area is 114 Å². The molecule has 0 atom stereocenters. The fourth-order valence-electron chi connectivity index (χ4n) is 1.84. The highest BCUT2D eigenvalue weighted by atomic mass is 19.4. The van der Waals surface area contributed by atoms with Crippen LogP contribution in [0.5, 0.6) is 5.75 Å². The van der Waals surface area contributed by atoms with Crippen LogP contribution in [0.15, 0.2) is 36.5 Å². The lowest BCUT2D eigenvalue weighted by atomic mass is 9.98. The second kappa shape index (κ2) is 4.94. The minimum atomic E-state index is -4.97. The molecule has 2 aromatic rings. The van der Waals surface area contributed by atoms with Crippen LogP contribution in [0.3, 0.4) is 0 Å². The maximum absolute atomic E-state index is 12.9. The third kappa shape index (κ3) is 2.93. The maximum Gasteiger partial charge on any atom is 0.437 e. The summed E-state index contributed by atoms with van der Waals surface area (Å²) in [5.41, 5.74) is -3.89. The van der Waals surface area contributed by atoms with Gasteiger partial charge in [-0.3, -0.25) is 0 Å². The van der Waals surface area contributed by atoms with Gasteiger partial charge in [-0.1, -0.05) is 18.2 Å². The van der Waals surface area contributed by atoms with Crippen LogP contribution in [0.1, 0.15) is 11.3 Å². The van der Waals surface area contributed by atoms with Gasteiger partial charge in [-0.2, -0.15) is 26.3 Å². The minimum Gasteiger partial charge on any atom is -0.505 e. The molecule has 0 radical (unpaired) electrons. The van der Waals surface area contributed by atoms with Crippen molar-refractivity contribution in [1.82, 2.24) is 4.98 Å². The summed E-state index contributed by atoms with van der Waals surface area (Å²) in [4.78, 5) is 2.97. The van der Waals surface area contributed by atoms with Crippen LogP contribution in [-0.4, -0.2) is 10.1 Å². The van der Waals surface area contributed by atoms with E-state index in [1.807, 2.05) is 0 Å². The third-order valence-corrected chi connectivity index (χ3v) is 2.72. The summed E-state index contributed by atoms with van der Waals surface area (Å²) in [5.74, 6) is -1.33. The van der Waals surface area contributed by atoms with Gasteiger partial charge in [0.25, 0.3) is 0 Å². The fourth-order valence-corrected chi connectivity index (χ4v) is 1.84. The first-order valence-corrected chi connectivity index (χ1v) is 5.54. The molecule has 0 bridgehead atoms. The Bertz CT molecular complexity index is 662. The van der Waals surface area contributed by atoms with Crippen molar-refractivity contribution in [2.45, 2.75) is 12.4 Å². The lowest BCUT2D eigenvalue weighted by Gasteiger charge is -2.15. The van der Waals surface area contributed by atoms with Gasteiger partial charge in [0.2, 0.25) is 0 Å². The molecule has 8 heteroatoms. The Balaban J connectivity index is 2.70. The van der Waals surface area contributed by atoms with Gasteiger partial charge >= 0.3 is 12.4 Å². The van der Waals surface area contributed by atoms with Crippen LogP contribution in [0.25, 0.3) is 11.1 Å². The molecule has 0 aliphatic carbocycles. The number of nitrogens with zero attached hydrogens (tertiary/aromatic N) is 1. The molecular formula is C13H7F6NO. The van der Waals surface area contributed by atoms with Gasteiger partial charge in [-0.25, -0.2) is 4.98 Å². The van der Waals surface area contributed by atoms with Crippen LogP contribution in [0.2, 0.25) is 0 Å². The lowest BCUT2D eigenvalue weighted by molar-refractivity contribution is -0.142. The van der Waals surface area contributed by atoms with Crippen molar-refractivity contribution in [3.05, 3.63) is 47.8 Å². The van der Waals surface area contributed by atoms with Gasteiger partial charge in [0, 0.05) is 11.8 Å². The zero-order valence-electron chi connectivity index (χ0n) is 10.1. The Morgan fingerprint density at radius 2 is 1.43 bits per heavy atom. The Hall–Kier alpha value is -2.25. The molecular weight excluding hydrogens is 300 g/mol. The minimum absolute atomic E-state index is 0.546. The van der Waals surface area contributed by atoms with Crippen LogP contribution >= 0.6 is 0 Å². The van der Waals surface area contributed by atoms with Gasteiger partial charge in [0.05, 0.1) is 5.56 Å². The number of alkyl halides is 6. The van der Waals surface area contributed by atoms with E-state index in [1.54, 1.807) is 0 Å². The molecule has 0 fully saturated rings. The van der Waals surface area contributed by atoms with Gasteiger partial charge in [-0.15, -0.1) is 0 Å². The second-order valence-corrected chi connectivity index (χ2v) is 4.10. The topological polar surface area (TPSA) is 33.1 Å². The summed E-state index contributed by atoms with van der Waals surface area (Å²) < 4.78 is 76.5. The standard InChI is InChI=1S/C13H7F6NO/c14-12(15,16)9-4-2-1-3-7(9)8-5-6-20-11(10(8)21)13(17,18)19/h1-6,21H. The van der Waals surface area contributed by atoms with E-state index in [9.17, 15) is 31.4 Å². The summed E-state index contributed by atoms with van der Waals surface area (Å²) in [5, 5.41) is 9.62. The number of hydrogen-bond acceptors (Lipinski definition) is 2. The van der Waals surface area contributed by atoms with Crippen LogP contribution in [0, 0.1) is 0 Å². The molecule has 1 aromatic carbocycles. The first kappa shape index (κ1) is 15.1. The average Bonchev–Trinajstić information content (AvgIpc) is 2.36. The molecule has 112 valence electrons. The van der Waals surface area contributed by atoms with E-state index in [0.29, 0.717) is 6.20 Å². The van der Waals surface area contributed by atoms with E-state index in [-0.39, 0.29) is 0 Å². The highest BCUT2D eigenvalue weighted by Crippen LogP contribution is 2.43. The SMILES string of the molecule is Oc1c(-c2ccccc2C(F)(F)F)ccnc1C(F)(F)F. The highest BCUT2D eigenvalue weighted by molar-refractivity contribution is 5.74. The highest BCUT2D eigenvalue weighted by Gasteiger charge is 2.38. The van der Waals surface area contributed by atoms with Gasteiger partial charge < -0.3 is 5.11 Å². The van der Waals surface area contributed by atoms with Crippen LogP contribution < -0.4 is 0 Å².